The van der Waals surface area contributed by atoms with Crippen LogP contribution >= 0.6 is 0 Å². The van der Waals surface area contributed by atoms with Gasteiger partial charge in [-0.25, -0.2) is 0 Å². The van der Waals surface area contributed by atoms with Crippen LogP contribution in [-0.4, -0.2) is 0 Å². The Bertz CT molecular complexity index is 329. The number of unbranched alkanes of at least 4 members (excludes halogenated alkanes) is 23. The zero-order valence-electron chi connectivity index (χ0n) is 23.6. The van der Waals surface area contributed by atoms with Gasteiger partial charge in [-0.3, -0.25) is 0 Å². The van der Waals surface area contributed by atoms with E-state index in [-0.39, 0.29) is 0 Å². The number of hydrogen-bond donors (Lipinski definition) is 0. The van der Waals surface area contributed by atoms with Crippen LogP contribution in [0.15, 0.2) is 0 Å². The second kappa shape index (κ2) is 25.6. The van der Waals surface area contributed by atoms with Crippen LogP contribution in [0.2, 0.25) is 0 Å². The largest absolute Gasteiger partial charge is 0.0654 e. The minimum Gasteiger partial charge on any atom is -0.0654 e. The van der Waals surface area contributed by atoms with Crippen LogP contribution in [0.1, 0.15) is 201 Å². The van der Waals surface area contributed by atoms with E-state index in [9.17, 15) is 0 Å². The van der Waals surface area contributed by atoms with E-state index < -0.39 is 0 Å². The van der Waals surface area contributed by atoms with Gasteiger partial charge in [0.2, 0.25) is 0 Å². The molecule has 0 spiro atoms. The normalized spacial score (nSPS) is 12.0. The second-order valence-electron chi connectivity index (χ2n) is 11.8. The Morgan fingerprint density at radius 1 is 0.281 bits per heavy atom. The van der Waals surface area contributed by atoms with E-state index in [0.29, 0.717) is 5.41 Å². The third-order valence-electron chi connectivity index (χ3n) is 7.66. The summed E-state index contributed by atoms with van der Waals surface area (Å²) < 4.78 is 0. The van der Waals surface area contributed by atoms with Crippen molar-refractivity contribution in [1.82, 2.24) is 0 Å². The molecule has 194 valence electrons. The first-order valence-corrected chi connectivity index (χ1v) is 15.6. The van der Waals surface area contributed by atoms with Gasteiger partial charge in [-0.05, 0) is 18.3 Å². The first-order valence-electron chi connectivity index (χ1n) is 15.6. The lowest BCUT2D eigenvalue weighted by Crippen LogP contribution is -2.11. The zero-order chi connectivity index (χ0) is 23.6. The first kappa shape index (κ1) is 32.0. The average molecular weight is 451 g/mol. The zero-order valence-corrected chi connectivity index (χ0v) is 23.6. The van der Waals surface area contributed by atoms with Crippen molar-refractivity contribution in [1.29, 1.82) is 0 Å². The van der Waals surface area contributed by atoms with Crippen LogP contribution in [0.5, 0.6) is 0 Å². The third-order valence-corrected chi connectivity index (χ3v) is 7.66. The predicted octanol–water partition coefficient (Wildman–Crippen LogP) is 12.6. The van der Waals surface area contributed by atoms with Crippen molar-refractivity contribution in [3.8, 4) is 0 Å². The molecule has 0 aliphatic rings. The lowest BCUT2D eigenvalue weighted by molar-refractivity contribution is 0.282. The maximum Gasteiger partial charge on any atom is -0.0354 e. The molecule has 0 aliphatic carbocycles. The van der Waals surface area contributed by atoms with Gasteiger partial charge in [0.15, 0.2) is 0 Å². The lowest BCUT2D eigenvalue weighted by Gasteiger charge is -2.24. The van der Waals surface area contributed by atoms with Gasteiger partial charge < -0.3 is 0 Å². The topological polar surface area (TPSA) is 0 Å². The Balaban J connectivity index is 3.28. The molecule has 0 rings (SSSR count). The van der Waals surface area contributed by atoms with Crippen molar-refractivity contribution in [2.75, 3.05) is 0 Å². The Morgan fingerprint density at radius 3 is 0.688 bits per heavy atom. The SMILES string of the molecule is CCCCCCCCCCCCCCCCC(C)(C)CCCCCCCCCCCCC. The van der Waals surface area contributed by atoms with Gasteiger partial charge in [0.05, 0.1) is 0 Å². The van der Waals surface area contributed by atoms with E-state index in [1.807, 2.05) is 0 Å². The summed E-state index contributed by atoms with van der Waals surface area (Å²) in [7, 11) is 0. The molecule has 0 aromatic carbocycles. The predicted molar refractivity (Wildman–Crippen MR) is 150 cm³/mol. The van der Waals surface area contributed by atoms with Gasteiger partial charge in [-0.15, -0.1) is 0 Å². The fourth-order valence-electron chi connectivity index (χ4n) is 5.19. The fourth-order valence-corrected chi connectivity index (χ4v) is 5.19. The van der Waals surface area contributed by atoms with Crippen molar-refractivity contribution in [3.63, 3.8) is 0 Å². The molecule has 0 radical (unpaired) electrons. The second-order valence-corrected chi connectivity index (χ2v) is 11.8. The van der Waals surface area contributed by atoms with Gasteiger partial charge in [0, 0.05) is 0 Å². The minimum absolute atomic E-state index is 0.580. The van der Waals surface area contributed by atoms with Crippen LogP contribution in [0.25, 0.3) is 0 Å². The molecule has 0 aliphatic heterocycles. The molecule has 0 heteroatoms. The van der Waals surface area contributed by atoms with Crippen LogP contribution in [0.4, 0.5) is 0 Å². The number of rotatable bonds is 27. The van der Waals surface area contributed by atoms with Gasteiger partial charge in [-0.1, -0.05) is 188 Å². The van der Waals surface area contributed by atoms with Gasteiger partial charge >= 0.3 is 0 Å². The van der Waals surface area contributed by atoms with Crippen LogP contribution in [0, 0.1) is 5.41 Å². The Kier molecular flexibility index (Phi) is 25.6. The van der Waals surface area contributed by atoms with Gasteiger partial charge in [0.1, 0.15) is 0 Å². The van der Waals surface area contributed by atoms with E-state index in [0.717, 1.165) is 0 Å². The highest BCUT2D eigenvalue weighted by Gasteiger charge is 2.16. The summed E-state index contributed by atoms with van der Waals surface area (Å²) in [4.78, 5) is 0. The summed E-state index contributed by atoms with van der Waals surface area (Å²) in [5, 5.41) is 0. The van der Waals surface area contributed by atoms with Gasteiger partial charge in [0.25, 0.3) is 0 Å². The molecule has 0 saturated heterocycles. The van der Waals surface area contributed by atoms with E-state index in [2.05, 4.69) is 27.7 Å². The standard InChI is InChI=1S/C32H66/c1-5-7-9-11-13-15-17-18-19-21-23-25-27-29-31-32(3,4)30-28-26-24-22-20-16-14-12-10-8-6-2/h5-31H2,1-4H3. The molecule has 0 aromatic rings. The molecule has 0 amide bonds. The molecule has 0 aromatic heterocycles. The third kappa shape index (κ3) is 26.3. The smallest absolute Gasteiger partial charge is 0.0354 e. The summed E-state index contributed by atoms with van der Waals surface area (Å²) in [5.41, 5.74) is 0.580. The summed E-state index contributed by atoms with van der Waals surface area (Å²) in [6.45, 7) is 9.65. The van der Waals surface area contributed by atoms with Gasteiger partial charge in [-0.2, -0.15) is 0 Å². The molecule has 0 heterocycles. The van der Waals surface area contributed by atoms with E-state index in [1.54, 1.807) is 0 Å². The van der Waals surface area contributed by atoms with Crippen molar-refractivity contribution < 1.29 is 0 Å². The maximum absolute atomic E-state index is 2.52. The Labute approximate surface area is 206 Å². The van der Waals surface area contributed by atoms with Crippen molar-refractivity contribution in [2.24, 2.45) is 5.41 Å². The van der Waals surface area contributed by atoms with E-state index in [4.69, 9.17) is 0 Å². The Morgan fingerprint density at radius 2 is 0.469 bits per heavy atom. The summed E-state index contributed by atoms with van der Waals surface area (Å²) >= 11 is 0. The van der Waals surface area contributed by atoms with E-state index in [1.165, 1.54) is 173 Å². The molecule has 0 unspecified atom stereocenters. The first-order chi connectivity index (χ1) is 15.6. The monoisotopic (exact) mass is 451 g/mol. The molecule has 0 fully saturated rings. The molecule has 0 atom stereocenters. The Hall–Kier alpha value is 0. The molecule has 0 nitrogen and oxygen atoms in total. The van der Waals surface area contributed by atoms with Crippen molar-refractivity contribution in [3.05, 3.63) is 0 Å². The fraction of sp³-hybridized carbons (Fsp3) is 1.00. The highest BCUT2D eigenvalue weighted by Crippen LogP contribution is 2.30. The quantitative estimate of drug-likeness (QED) is 0.109. The lowest BCUT2D eigenvalue weighted by atomic mass is 9.81. The number of hydrogen-bond acceptors (Lipinski definition) is 0. The highest BCUT2D eigenvalue weighted by molar-refractivity contribution is 4.69. The molecule has 0 bridgehead atoms. The van der Waals surface area contributed by atoms with Crippen molar-refractivity contribution >= 4 is 0 Å². The van der Waals surface area contributed by atoms with Crippen molar-refractivity contribution in [2.45, 2.75) is 201 Å². The van der Waals surface area contributed by atoms with Crippen LogP contribution in [0.3, 0.4) is 0 Å². The highest BCUT2D eigenvalue weighted by atomic mass is 14.2. The molecular weight excluding hydrogens is 384 g/mol. The van der Waals surface area contributed by atoms with E-state index >= 15 is 0 Å². The minimum atomic E-state index is 0.580. The van der Waals surface area contributed by atoms with Crippen LogP contribution in [-0.2, 0) is 0 Å². The molecule has 0 saturated carbocycles. The maximum atomic E-state index is 2.52. The molecular formula is C32H66. The summed E-state index contributed by atoms with van der Waals surface area (Å²) in [6.07, 6.45) is 39.5. The molecule has 32 heavy (non-hydrogen) atoms. The average Bonchev–Trinajstić information content (AvgIpc) is 2.77. The van der Waals surface area contributed by atoms with Crippen LogP contribution < -0.4 is 0 Å². The summed E-state index contributed by atoms with van der Waals surface area (Å²) in [6, 6.07) is 0. The summed E-state index contributed by atoms with van der Waals surface area (Å²) in [5.74, 6) is 0. The molecule has 0 N–H and O–H groups in total.